The van der Waals surface area contributed by atoms with Crippen molar-refractivity contribution in [2.45, 2.75) is 37.5 Å². The van der Waals surface area contributed by atoms with Crippen molar-refractivity contribution in [3.63, 3.8) is 0 Å². The number of pyridine rings is 1. The molecule has 0 unspecified atom stereocenters. The van der Waals surface area contributed by atoms with Crippen molar-refractivity contribution < 1.29 is 18.3 Å². The second-order valence-electron chi connectivity index (χ2n) is 6.51. The Morgan fingerprint density at radius 1 is 1.21 bits per heavy atom. The normalized spacial score (nSPS) is 12.0. The summed E-state index contributed by atoms with van der Waals surface area (Å²) in [5.74, 6) is -0.975. The van der Waals surface area contributed by atoms with Gasteiger partial charge in [0.25, 0.3) is 10.0 Å². The molecule has 2 aromatic rings. The third-order valence-electron chi connectivity index (χ3n) is 3.35. The molecule has 0 bridgehead atoms. The molecule has 0 aliphatic heterocycles. The quantitative estimate of drug-likeness (QED) is 0.866. The van der Waals surface area contributed by atoms with Gasteiger partial charge in [-0.2, -0.15) is 0 Å². The maximum absolute atomic E-state index is 12.4. The van der Waals surface area contributed by atoms with Crippen LogP contribution in [0.2, 0.25) is 0 Å². The number of rotatable bonds is 5. The lowest BCUT2D eigenvalue weighted by Crippen LogP contribution is -2.16. The molecule has 6 nitrogen and oxygen atoms in total. The molecule has 0 aliphatic rings. The van der Waals surface area contributed by atoms with Gasteiger partial charge in [-0.1, -0.05) is 32.9 Å². The summed E-state index contributed by atoms with van der Waals surface area (Å²) in [5.41, 5.74) is 1.46. The number of aliphatic carboxylic acids is 1. The first-order valence-corrected chi connectivity index (χ1v) is 8.86. The van der Waals surface area contributed by atoms with E-state index >= 15 is 0 Å². The van der Waals surface area contributed by atoms with Gasteiger partial charge in [-0.25, -0.2) is 8.42 Å². The largest absolute Gasteiger partial charge is 0.481 e. The Morgan fingerprint density at radius 3 is 2.46 bits per heavy atom. The van der Waals surface area contributed by atoms with E-state index in [4.69, 9.17) is 5.11 Å². The number of aromatic nitrogens is 1. The monoisotopic (exact) mass is 348 g/mol. The molecule has 24 heavy (non-hydrogen) atoms. The van der Waals surface area contributed by atoms with E-state index in [9.17, 15) is 13.2 Å². The third kappa shape index (κ3) is 4.55. The Bertz CT molecular complexity index is 838. The number of benzene rings is 1. The summed E-state index contributed by atoms with van der Waals surface area (Å²) in [6, 6.07) is 9.51. The van der Waals surface area contributed by atoms with E-state index in [0.717, 1.165) is 5.69 Å². The van der Waals surface area contributed by atoms with Crippen LogP contribution >= 0.6 is 0 Å². The summed E-state index contributed by atoms with van der Waals surface area (Å²) in [7, 11) is -3.78. The van der Waals surface area contributed by atoms with Crippen LogP contribution in [0, 0.1) is 0 Å². The standard InChI is InChI=1S/C17H20N2O4S/c1-17(2,3)15-8-7-14(11-18-15)24(22,23)19-13-6-4-5-12(9-13)10-16(20)21/h4-9,11,19H,10H2,1-3H3,(H,20,21). The summed E-state index contributed by atoms with van der Waals surface area (Å²) >= 11 is 0. The summed E-state index contributed by atoms with van der Waals surface area (Å²) in [5, 5.41) is 8.81. The fourth-order valence-electron chi connectivity index (χ4n) is 2.12. The molecule has 0 saturated heterocycles. The zero-order valence-electron chi connectivity index (χ0n) is 13.8. The SMILES string of the molecule is CC(C)(C)c1ccc(S(=O)(=O)Nc2cccc(CC(=O)O)c2)cn1. The minimum atomic E-state index is -3.78. The minimum absolute atomic E-state index is 0.0548. The smallest absolute Gasteiger partial charge is 0.307 e. The maximum atomic E-state index is 12.4. The van der Waals surface area contributed by atoms with Crippen molar-refractivity contribution in [2.24, 2.45) is 0 Å². The van der Waals surface area contributed by atoms with E-state index < -0.39 is 16.0 Å². The Kier molecular flexibility index (Phi) is 4.94. The number of anilines is 1. The number of carboxylic acid groups (broad SMARTS) is 1. The van der Waals surface area contributed by atoms with Crippen LogP contribution in [0.3, 0.4) is 0 Å². The molecule has 0 aliphatic carbocycles. The van der Waals surface area contributed by atoms with Gasteiger partial charge < -0.3 is 5.11 Å². The van der Waals surface area contributed by atoms with Crippen molar-refractivity contribution in [3.8, 4) is 0 Å². The van der Waals surface area contributed by atoms with Gasteiger partial charge in [-0.05, 0) is 29.8 Å². The molecule has 0 amide bonds. The van der Waals surface area contributed by atoms with Crippen LogP contribution in [-0.4, -0.2) is 24.5 Å². The molecule has 7 heteroatoms. The van der Waals surface area contributed by atoms with Crippen LogP contribution in [-0.2, 0) is 26.7 Å². The first kappa shape index (κ1) is 17.9. The van der Waals surface area contributed by atoms with Crippen molar-refractivity contribution in [1.82, 2.24) is 4.98 Å². The van der Waals surface area contributed by atoms with Crippen LogP contribution in [0.5, 0.6) is 0 Å². The Hall–Kier alpha value is -2.41. The number of nitrogens with zero attached hydrogens (tertiary/aromatic N) is 1. The first-order valence-electron chi connectivity index (χ1n) is 7.38. The lowest BCUT2D eigenvalue weighted by molar-refractivity contribution is -0.136. The van der Waals surface area contributed by atoms with E-state index in [1.165, 1.54) is 18.3 Å². The van der Waals surface area contributed by atoms with Gasteiger partial charge >= 0.3 is 5.97 Å². The molecule has 128 valence electrons. The fraction of sp³-hybridized carbons (Fsp3) is 0.294. The predicted octanol–water partition coefficient (Wildman–Crippen LogP) is 2.81. The molecule has 0 fully saturated rings. The molecular weight excluding hydrogens is 328 g/mol. The summed E-state index contributed by atoms with van der Waals surface area (Å²) in [4.78, 5) is 15.0. The average molecular weight is 348 g/mol. The second-order valence-corrected chi connectivity index (χ2v) is 8.19. The zero-order valence-corrected chi connectivity index (χ0v) is 14.6. The van der Waals surface area contributed by atoms with E-state index in [0.29, 0.717) is 11.3 Å². The predicted molar refractivity (Wildman–Crippen MR) is 91.5 cm³/mol. The highest BCUT2D eigenvalue weighted by Gasteiger charge is 2.19. The van der Waals surface area contributed by atoms with Crippen molar-refractivity contribution in [1.29, 1.82) is 0 Å². The number of hydrogen-bond donors (Lipinski definition) is 2. The first-order chi connectivity index (χ1) is 11.1. The number of carboxylic acids is 1. The molecule has 2 N–H and O–H groups in total. The minimum Gasteiger partial charge on any atom is -0.481 e. The molecule has 0 saturated carbocycles. The maximum Gasteiger partial charge on any atom is 0.307 e. The van der Waals surface area contributed by atoms with Gasteiger partial charge in [0.1, 0.15) is 4.90 Å². The molecule has 0 atom stereocenters. The van der Waals surface area contributed by atoms with Gasteiger partial charge in [-0.15, -0.1) is 0 Å². The van der Waals surface area contributed by atoms with Gasteiger partial charge in [0.15, 0.2) is 0 Å². The van der Waals surface area contributed by atoms with Crippen LogP contribution < -0.4 is 4.72 Å². The number of sulfonamides is 1. The molecule has 1 aromatic carbocycles. The average Bonchev–Trinajstić information content (AvgIpc) is 2.45. The highest BCUT2D eigenvalue weighted by molar-refractivity contribution is 7.92. The summed E-state index contributed by atoms with van der Waals surface area (Å²) in [6.07, 6.45) is 1.15. The highest BCUT2D eigenvalue weighted by atomic mass is 32.2. The third-order valence-corrected chi connectivity index (χ3v) is 4.72. The van der Waals surface area contributed by atoms with Gasteiger partial charge in [0.05, 0.1) is 6.42 Å². The molecule has 0 spiro atoms. The van der Waals surface area contributed by atoms with Crippen molar-refractivity contribution in [2.75, 3.05) is 4.72 Å². The van der Waals surface area contributed by atoms with Gasteiger partial charge in [0.2, 0.25) is 0 Å². The van der Waals surface area contributed by atoms with Crippen LogP contribution in [0.25, 0.3) is 0 Å². The lowest BCUT2D eigenvalue weighted by Gasteiger charge is -2.17. The summed E-state index contributed by atoms with van der Waals surface area (Å²) in [6.45, 7) is 5.99. The van der Waals surface area contributed by atoms with Crippen LogP contribution in [0.4, 0.5) is 5.69 Å². The van der Waals surface area contributed by atoms with Crippen LogP contribution in [0.15, 0.2) is 47.5 Å². The molecular formula is C17H20N2O4S. The van der Waals surface area contributed by atoms with E-state index in [1.54, 1.807) is 24.3 Å². The van der Waals surface area contributed by atoms with E-state index in [2.05, 4.69) is 9.71 Å². The van der Waals surface area contributed by atoms with Gasteiger partial charge in [0, 0.05) is 23.0 Å². The fourth-order valence-corrected chi connectivity index (χ4v) is 3.11. The highest BCUT2D eigenvalue weighted by Crippen LogP contribution is 2.22. The van der Waals surface area contributed by atoms with E-state index in [-0.39, 0.29) is 16.7 Å². The second kappa shape index (κ2) is 6.60. The number of hydrogen-bond acceptors (Lipinski definition) is 4. The Morgan fingerprint density at radius 2 is 1.92 bits per heavy atom. The molecule has 1 heterocycles. The summed E-state index contributed by atoms with van der Waals surface area (Å²) < 4.78 is 27.3. The topological polar surface area (TPSA) is 96.4 Å². The molecule has 0 radical (unpaired) electrons. The van der Waals surface area contributed by atoms with Gasteiger partial charge in [-0.3, -0.25) is 14.5 Å². The van der Waals surface area contributed by atoms with E-state index in [1.807, 2.05) is 20.8 Å². The Labute approximate surface area is 141 Å². The number of nitrogens with one attached hydrogen (secondary N) is 1. The number of carbonyl (C=O) groups is 1. The van der Waals surface area contributed by atoms with Crippen molar-refractivity contribution in [3.05, 3.63) is 53.9 Å². The van der Waals surface area contributed by atoms with Crippen molar-refractivity contribution >= 4 is 21.7 Å². The lowest BCUT2D eigenvalue weighted by atomic mass is 9.92. The van der Waals surface area contributed by atoms with Crippen LogP contribution in [0.1, 0.15) is 32.0 Å². The Balaban J connectivity index is 2.24. The molecule has 2 rings (SSSR count). The zero-order chi connectivity index (χ0) is 18.0. The molecule has 1 aromatic heterocycles.